The second-order valence-electron chi connectivity index (χ2n) is 7.66. The summed E-state index contributed by atoms with van der Waals surface area (Å²) >= 11 is 0. The Morgan fingerprint density at radius 1 is 1.12 bits per heavy atom. The predicted octanol–water partition coefficient (Wildman–Crippen LogP) is 3.88. The number of carbonyl (C=O) groups is 3. The molecule has 2 heterocycles. The molecule has 0 saturated heterocycles. The lowest BCUT2D eigenvalue weighted by Gasteiger charge is -2.22. The van der Waals surface area contributed by atoms with Crippen molar-refractivity contribution in [3.8, 4) is 0 Å². The number of halogens is 1. The predicted molar refractivity (Wildman–Crippen MR) is 121 cm³/mol. The molecule has 0 saturated carbocycles. The van der Waals surface area contributed by atoms with Gasteiger partial charge >= 0.3 is 5.97 Å². The molecule has 7 nitrogen and oxygen atoms in total. The van der Waals surface area contributed by atoms with Gasteiger partial charge in [0.1, 0.15) is 11.5 Å². The van der Waals surface area contributed by atoms with E-state index in [1.54, 1.807) is 56.9 Å². The molecule has 172 valence electrons. The molecule has 1 amide bonds. The van der Waals surface area contributed by atoms with Gasteiger partial charge in [-0.3, -0.25) is 14.6 Å². The summed E-state index contributed by atoms with van der Waals surface area (Å²) in [6, 6.07) is 8.84. The first kappa shape index (κ1) is 23.8. The van der Waals surface area contributed by atoms with E-state index in [0.717, 1.165) is 11.6 Å². The molecule has 0 unspecified atom stereocenters. The smallest absolute Gasteiger partial charge is 0.355 e. The standard InChI is InChI=1S/C25H26FN3O4/c1-5-33-25(32)23-16(2)22(17(3)28(23)4)21(30)15-29(14-18-9-11-27-12-10-18)24(31)19-7-6-8-20(26)13-19/h6-13H,5,14-15H2,1-4H3. The number of rotatable bonds is 8. The first-order valence-electron chi connectivity index (χ1n) is 10.5. The maximum atomic E-state index is 13.7. The average molecular weight is 451 g/mol. The molecule has 0 fully saturated rings. The number of benzene rings is 1. The van der Waals surface area contributed by atoms with Gasteiger partial charge in [0, 0.05) is 42.8 Å². The zero-order valence-electron chi connectivity index (χ0n) is 19.1. The number of ketones is 1. The second-order valence-corrected chi connectivity index (χ2v) is 7.66. The molecule has 0 aliphatic heterocycles. The number of hydrogen-bond acceptors (Lipinski definition) is 5. The lowest BCUT2D eigenvalue weighted by atomic mass is 10.0. The molecular weight excluding hydrogens is 425 g/mol. The van der Waals surface area contributed by atoms with Crippen molar-refractivity contribution in [2.24, 2.45) is 7.05 Å². The molecule has 0 aliphatic carbocycles. The number of carbonyl (C=O) groups excluding carboxylic acids is 3. The molecule has 33 heavy (non-hydrogen) atoms. The molecule has 0 N–H and O–H groups in total. The highest BCUT2D eigenvalue weighted by molar-refractivity contribution is 6.06. The Morgan fingerprint density at radius 2 is 1.82 bits per heavy atom. The van der Waals surface area contributed by atoms with E-state index in [1.165, 1.54) is 23.1 Å². The van der Waals surface area contributed by atoms with E-state index in [4.69, 9.17) is 4.74 Å². The summed E-state index contributed by atoms with van der Waals surface area (Å²) in [5, 5.41) is 0. The fraction of sp³-hybridized carbons (Fsp3) is 0.280. The van der Waals surface area contributed by atoms with Crippen LogP contribution in [0, 0.1) is 19.7 Å². The first-order valence-corrected chi connectivity index (χ1v) is 10.5. The molecule has 8 heteroatoms. The highest BCUT2D eigenvalue weighted by Crippen LogP contribution is 2.23. The van der Waals surface area contributed by atoms with E-state index < -0.39 is 17.7 Å². The lowest BCUT2D eigenvalue weighted by molar-refractivity contribution is 0.0514. The number of esters is 1. The number of Topliss-reactive ketones (excluding diaryl/α,β-unsaturated/α-hetero) is 1. The van der Waals surface area contributed by atoms with Crippen LogP contribution in [-0.2, 0) is 18.3 Å². The van der Waals surface area contributed by atoms with Crippen molar-refractivity contribution >= 4 is 17.7 Å². The van der Waals surface area contributed by atoms with E-state index in [1.807, 2.05) is 0 Å². The third-order valence-corrected chi connectivity index (χ3v) is 5.49. The Morgan fingerprint density at radius 3 is 2.45 bits per heavy atom. The molecule has 0 aliphatic rings. The Kier molecular flexibility index (Phi) is 7.37. The van der Waals surface area contributed by atoms with E-state index in [-0.39, 0.29) is 31.0 Å². The number of hydrogen-bond donors (Lipinski definition) is 0. The van der Waals surface area contributed by atoms with Gasteiger partial charge < -0.3 is 14.2 Å². The fourth-order valence-electron chi connectivity index (χ4n) is 3.84. The third-order valence-electron chi connectivity index (χ3n) is 5.49. The minimum atomic E-state index is -0.537. The van der Waals surface area contributed by atoms with Crippen LogP contribution in [0.1, 0.15) is 54.9 Å². The van der Waals surface area contributed by atoms with Crippen molar-refractivity contribution in [3.63, 3.8) is 0 Å². The van der Waals surface area contributed by atoms with Crippen LogP contribution in [0.5, 0.6) is 0 Å². The van der Waals surface area contributed by atoms with Gasteiger partial charge in [0.25, 0.3) is 5.91 Å². The molecule has 2 aromatic heterocycles. The molecule has 0 radical (unpaired) electrons. The summed E-state index contributed by atoms with van der Waals surface area (Å²) in [7, 11) is 1.69. The number of nitrogens with zero attached hydrogens (tertiary/aromatic N) is 3. The largest absolute Gasteiger partial charge is 0.461 e. The Labute approximate surface area is 191 Å². The van der Waals surface area contributed by atoms with Crippen molar-refractivity contribution in [3.05, 3.63) is 88.3 Å². The van der Waals surface area contributed by atoms with Crippen molar-refractivity contribution in [2.45, 2.75) is 27.3 Å². The number of aromatic nitrogens is 2. The molecule has 0 atom stereocenters. The van der Waals surface area contributed by atoms with Crippen LogP contribution in [0.3, 0.4) is 0 Å². The van der Waals surface area contributed by atoms with Gasteiger partial charge in [-0.15, -0.1) is 0 Å². The van der Waals surface area contributed by atoms with Crippen LogP contribution in [0.25, 0.3) is 0 Å². The summed E-state index contributed by atoms with van der Waals surface area (Å²) in [4.78, 5) is 44.3. The second kappa shape index (κ2) is 10.2. The molecule has 0 spiro atoms. The quantitative estimate of drug-likeness (QED) is 0.384. The van der Waals surface area contributed by atoms with Gasteiger partial charge in [-0.2, -0.15) is 0 Å². The molecular formula is C25H26FN3O4. The Balaban J connectivity index is 1.96. The van der Waals surface area contributed by atoms with E-state index in [9.17, 15) is 18.8 Å². The van der Waals surface area contributed by atoms with E-state index in [2.05, 4.69) is 4.98 Å². The van der Waals surface area contributed by atoms with Gasteiger partial charge in [0.05, 0.1) is 13.2 Å². The van der Waals surface area contributed by atoms with Gasteiger partial charge in [-0.1, -0.05) is 6.07 Å². The van der Waals surface area contributed by atoms with Crippen molar-refractivity contribution in [1.29, 1.82) is 0 Å². The summed E-state index contributed by atoms with van der Waals surface area (Å²) in [6.07, 6.45) is 3.19. The number of amides is 1. The minimum Gasteiger partial charge on any atom is -0.461 e. The monoisotopic (exact) mass is 451 g/mol. The summed E-state index contributed by atoms with van der Waals surface area (Å²) in [6.45, 7) is 5.25. The van der Waals surface area contributed by atoms with Crippen LogP contribution >= 0.6 is 0 Å². The maximum absolute atomic E-state index is 13.7. The van der Waals surface area contributed by atoms with Crippen LogP contribution in [0.2, 0.25) is 0 Å². The lowest BCUT2D eigenvalue weighted by Crippen LogP contribution is -2.35. The number of pyridine rings is 1. The van der Waals surface area contributed by atoms with Gasteiger partial charge in [-0.05, 0) is 62.2 Å². The SMILES string of the molecule is CCOC(=O)c1c(C)c(C(=O)CN(Cc2ccncc2)C(=O)c2cccc(F)c2)c(C)n1C. The minimum absolute atomic E-state index is 0.138. The van der Waals surface area contributed by atoms with E-state index >= 15 is 0 Å². The average Bonchev–Trinajstić information content (AvgIpc) is 3.01. The van der Waals surface area contributed by atoms with Crippen molar-refractivity contribution < 1.29 is 23.5 Å². The maximum Gasteiger partial charge on any atom is 0.355 e. The molecule has 3 rings (SSSR count). The zero-order valence-corrected chi connectivity index (χ0v) is 19.1. The molecule has 0 bridgehead atoms. The fourth-order valence-corrected chi connectivity index (χ4v) is 3.84. The van der Waals surface area contributed by atoms with Crippen LogP contribution in [0.15, 0.2) is 48.8 Å². The highest BCUT2D eigenvalue weighted by Gasteiger charge is 2.28. The van der Waals surface area contributed by atoms with Crippen LogP contribution < -0.4 is 0 Å². The van der Waals surface area contributed by atoms with Crippen molar-refractivity contribution in [2.75, 3.05) is 13.2 Å². The van der Waals surface area contributed by atoms with Gasteiger partial charge in [0.15, 0.2) is 5.78 Å². The molecule has 3 aromatic rings. The zero-order chi connectivity index (χ0) is 24.1. The summed E-state index contributed by atoms with van der Waals surface area (Å²) in [5.74, 6) is -1.85. The van der Waals surface area contributed by atoms with E-state index in [0.29, 0.717) is 22.5 Å². The van der Waals surface area contributed by atoms with Crippen LogP contribution in [-0.4, -0.2) is 45.3 Å². The topological polar surface area (TPSA) is 81.5 Å². The van der Waals surface area contributed by atoms with Gasteiger partial charge in [0.2, 0.25) is 0 Å². The highest BCUT2D eigenvalue weighted by atomic mass is 19.1. The van der Waals surface area contributed by atoms with Crippen LogP contribution in [0.4, 0.5) is 4.39 Å². The first-order chi connectivity index (χ1) is 15.7. The summed E-state index contributed by atoms with van der Waals surface area (Å²) in [5.41, 5.74) is 2.69. The Bertz CT molecular complexity index is 1190. The molecule has 1 aromatic carbocycles. The normalized spacial score (nSPS) is 10.7. The summed E-state index contributed by atoms with van der Waals surface area (Å²) < 4.78 is 20.5. The third kappa shape index (κ3) is 5.16. The van der Waals surface area contributed by atoms with Crippen molar-refractivity contribution in [1.82, 2.24) is 14.5 Å². The Hall–Kier alpha value is -3.81. The van der Waals surface area contributed by atoms with Gasteiger partial charge in [-0.25, -0.2) is 9.18 Å². The number of ether oxygens (including phenoxy) is 1.